The van der Waals surface area contributed by atoms with Crippen molar-refractivity contribution in [1.82, 2.24) is 20.2 Å². The molecule has 1 aromatic carbocycles. The Bertz CT molecular complexity index is 466. The molecule has 0 bridgehead atoms. The van der Waals surface area contributed by atoms with E-state index in [1.165, 1.54) is 0 Å². The molecule has 1 heterocycles. The van der Waals surface area contributed by atoms with Crippen molar-refractivity contribution in [3.8, 4) is 11.4 Å². The van der Waals surface area contributed by atoms with Gasteiger partial charge >= 0.3 is 0 Å². The van der Waals surface area contributed by atoms with Crippen molar-refractivity contribution in [1.29, 1.82) is 0 Å². The summed E-state index contributed by atoms with van der Waals surface area (Å²) in [5, 5.41) is 12.3. The molecule has 0 N–H and O–H groups in total. The van der Waals surface area contributed by atoms with Crippen LogP contribution in [0.5, 0.6) is 0 Å². The second-order valence-corrected chi connectivity index (χ2v) is 3.43. The molecule has 0 aliphatic carbocycles. The lowest BCUT2D eigenvalue weighted by molar-refractivity contribution is 0.714. The van der Waals surface area contributed by atoms with E-state index in [9.17, 15) is 0 Å². The van der Waals surface area contributed by atoms with Crippen LogP contribution in [0.4, 0.5) is 0 Å². The maximum absolute atomic E-state index is 5.84. The normalized spacial score (nSPS) is 10.4. The lowest BCUT2D eigenvalue weighted by atomic mass is 10.2. The van der Waals surface area contributed by atoms with E-state index in [0.717, 1.165) is 10.4 Å². The lowest BCUT2D eigenvalue weighted by Gasteiger charge is -1.97. The predicted molar refractivity (Wildman–Crippen MR) is 54.0 cm³/mol. The van der Waals surface area contributed by atoms with Crippen LogP contribution in [0.25, 0.3) is 11.4 Å². The molecule has 2 rings (SSSR count). The van der Waals surface area contributed by atoms with Gasteiger partial charge in [0, 0.05) is 5.56 Å². The van der Waals surface area contributed by atoms with Crippen molar-refractivity contribution < 1.29 is 0 Å². The first kappa shape index (κ1) is 9.30. The first-order chi connectivity index (χ1) is 6.66. The van der Waals surface area contributed by atoms with Crippen LogP contribution in [0.15, 0.2) is 18.2 Å². The van der Waals surface area contributed by atoms with Crippen molar-refractivity contribution in [2.24, 2.45) is 0 Å². The third-order valence-electron chi connectivity index (χ3n) is 1.63. The molecule has 4 nitrogen and oxygen atoms in total. The monoisotopic (exact) mass is 227 g/mol. The van der Waals surface area contributed by atoms with Gasteiger partial charge in [0.2, 0.25) is 5.82 Å². The second kappa shape index (κ2) is 3.48. The number of hydrogen-bond donors (Lipinski definition) is 0. The molecule has 14 heavy (non-hydrogen) atoms. The quantitative estimate of drug-likeness (QED) is 0.703. The van der Waals surface area contributed by atoms with Crippen LogP contribution in [0.3, 0.4) is 0 Å². The summed E-state index contributed by atoms with van der Waals surface area (Å²) in [7, 11) is 3.48. The molecule has 0 aliphatic rings. The van der Waals surface area contributed by atoms with Gasteiger partial charge in [0.1, 0.15) is 0 Å². The first-order valence-corrected chi connectivity index (χ1v) is 4.49. The van der Waals surface area contributed by atoms with Crippen molar-refractivity contribution >= 4 is 23.2 Å². The molecule has 0 fully saturated rings. The first-order valence-electron chi connectivity index (χ1n) is 3.73. The zero-order chi connectivity index (χ0) is 10.1. The summed E-state index contributed by atoms with van der Waals surface area (Å²) in [5.41, 5.74) is 0.759. The third-order valence-corrected chi connectivity index (χ3v) is 2.37. The molecule has 0 amide bonds. The lowest BCUT2D eigenvalue weighted by Crippen LogP contribution is -1.89. The van der Waals surface area contributed by atoms with Gasteiger partial charge in [-0.3, -0.25) is 7.05 Å². The Morgan fingerprint density at radius 3 is 2.57 bits per heavy atom. The molecule has 0 aliphatic heterocycles. The standard InChI is InChI=1S/C8H5Cl2N4/c1-14-12-8(11-13-14)5-2-3-6(9)7(10)4-5/h2-4H,1H2/q-1. The molecule has 1 aromatic heterocycles. The summed E-state index contributed by atoms with van der Waals surface area (Å²) in [6, 6.07) is 5.13. The van der Waals surface area contributed by atoms with Crippen LogP contribution in [-0.4, -0.2) is 20.2 Å². The van der Waals surface area contributed by atoms with Crippen LogP contribution in [0.1, 0.15) is 0 Å². The molecular formula is C8H5Cl2N4-. The summed E-state index contributed by atoms with van der Waals surface area (Å²) >= 11 is 11.6. The smallest absolute Gasteiger partial charge is 0.202 e. The van der Waals surface area contributed by atoms with E-state index < -0.39 is 0 Å². The highest BCUT2D eigenvalue weighted by atomic mass is 35.5. The average Bonchev–Trinajstić information content (AvgIpc) is 2.57. The fourth-order valence-electron chi connectivity index (χ4n) is 0.994. The fourth-order valence-corrected chi connectivity index (χ4v) is 1.29. The molecule has 6 heteroatoms. The Hall–Kier alpha value is -1.26. The Morgan fingerprint density at radius 2 is 2.00 bits per heavy atom. The maximum Gasteiger partial charge on any atom is 0.202 e. The number of aromatic nitrogens is 4. The Kier molecular flexibility index (Phi) is 2.31. The fraction of sp³-hybridized carbons (Fsp3) is 0. The van der Waals surface area contributed by atoms with E-state index in [2.05, 4.69) is 22.5 Å². The summed E-state index contributed by atoms with van der Waals surface area (Å²) in [5.74, 6) is 0.471. The van der Waals surface area contributed by atoms with Crippen molar-refractivity contribution in [3.63, 3.8) is 0 Å². The number of hydrogen-bond acceptors (Lipinski definition) is 3. The zero-order valence-electron chi connectivity index (χ0n) is 6.98. The van der Waals surface area contributed by atoms with Gasteiger partial charge in [0.05, 0.1) is 10.0 Å². The minimum atomic E-state index is 0.463. The molecule has 0 radical (unpaired) electrons. The number of tetrazole rings is 1. The number of nitrogens with zero attached hydrogens (tertiary/aromatic N) is 4. The van der Waals surface area contributed by atoms with E-state index in [1.807, 2.05) is 0 Å². The van der Waals surface area contributed by atoms with Gasteiger partial charge < -0.3 is 4.80 Å². The summed E-state index contributed by atoms with van der Waals surface area (Å²) in [6.07, 6.45) is 0. The van der Waals surface area contributed by atoms with Gasteiger partial charge in [-0.25, -0.2) is 0 Å². The van der Waals surface area contributed by atoms with Crippen LogP contribution in [-0.2, 0) is 0 Å². The van der Waals surface area contributed by atoms with Gasteiger partial charge in [-0.1, -0.05) is 28.4 Å². The van der Waals surface area contributed by atoms with Crippen molar-refractivity contribution in [2.45, 2.75) is 0 Å². The number of rotatable bonds is 1. The van der Waals surface area contributed by atoms with Crippen LogP contribution < -0.4 is 0 Å². The molecule has 0 unspecified atom stereocenters. The van der Waals surface area contributed by atoms with Crippen molar-refractivity contribution in [3.05, 3.63) is 35.3 Å². The highest BCUT2D eigenvalue weighted by molar-refractivity contribution is 6.42. The topological polar surface area (TPSA) is 43.6 Å². The SMILES string of the molecule is [CH2-]n1nnc(-c2ccc(Cl)c(Cl)c2)n1. The van der Waals surface area contributed by atoms with Crippen LogP contribution in [0, 0.1) is 7.05 Å². The van der Waals surface area contributed by atoms with Gasteiger partial charge in [0.25, 0.3) is 0 Å². The molecule has 0 atom stereocenters. The van der Waals surface area contributed by atoms with Crippen LogP contribution in [0.2, 0.25) is 10.0 Å². The average molecular weight is 228 g/mol. The maximum atomic E-state index is 5.84. The van der Waals surface area contributed by atoms with Crippen LogP contribution >= 0.6 is 23.2 Å². The minimum Gasteiger partial charge on any atom is -0.301 e. The summed E-state index contributed by atoms with van der Waals surface area (Å²) in [4.78, 5) is 1.14. The highest BCUT2D eigenvalue weighted by Gasteiger charge is 2.05. The van der Waals surface area contributed by atoms with E-state index in [1.54, 1.807) is 18.2 Å². The largest absolute Gasteiger partial charge is 0.301 e. The summed E-state index contributed by atoms with van der Waals surface area (Å²) in [6.45, 7) is 0. The van der Waals surface area contributed by atoms with Gasteiger partial charge in [-0.05, 0) is 18.2 Å². The Labute approximate surface area is 90.4 Å². The predicted octanol–water partition coefficient (Wildman–Crippen LogP) is 2.29. The molecule has 0 saturated carbocycles. The van der Waals surface area contributed by atoms with E-state index in [-0.39, 0.29) is 0 Å². The van der Waals surface area contributed by atoms with E-state index in [0.29, 0.717) is 15.9 Å². The van der Waals surface area contributed by atoms with E-state index in [4.69, 9.17) is 23.2 Å². The second-order valence-electron chi connectivity index (χ2n) is 2.61. The van der Waals surface area contributed by atoms with E-state index >= 15 is 0 Å². The third kappa shape index (κ3) is 1.66. The van der Waals surface area contributed by atoms with Gasteiger partial charge in [0.15, 0.2) is 0 Å². The molecular weight excluding hydrogens is 223 g/mol. The number of halogens is 2. The molecule has 0 spiro atoms. The summed E-state index contributed by atoms with van der Waals surface area (Å²) < 4.78 is 0. The number of benzene rings is 1. The Morgan fingerprint density at radius 1 is 1.21 bits per heavy atom. The van der Waals surface area contributed by atoms with Gasteiger partial charge in [-0.2, -0.15) is 5.10 Å². The van der Waals surface area contributed by atoms with Gasteiger partial charge in [-0.15, -0.1) is 5.10 Å². The zero-order valence-corrected chi connectivity index (χ0v) is 8.50. The minimum absolute atomic E-state index is 0.463. The molecule has 72 valence electrons. The molecule has 2 aromatic rings. The highest BCUT2D eigenvalue weighted by Crippen LogP contribution is 2.26. The Balaban J connectivity index is 2.47. The van der Waals surface area contributed by atoms with Crippen molar-refractivity contribution in [2.75, 3.05) is 0 Å². The molecule has 0 saturated heterocycles.